The van der Waals surface area contributed by atoms with Crippen molar-refractivity contribution in [2.45, 2.75) is 13.3 Å². The third-order valence-electron chi connectivity index (χ3n) is 2.95. The van der Waals surface area contributed by atoms with Gasteiger partial charge in [0, 0.05) is 4.88 Å². The van der Waals surface area contributed by atoms with Crippen LogP contribution in [-0.2, 0) is 11.2 Å². The summed E-state index contributed by atoms with van der Waals surface area (Å²) in [7, 11) is 1.32. The Labute approximate surface area is 128 Å². The first-order valence-electron chi connectivity index (χ1n) is 5.94. The van der Waals surface area contributed by atoms with Crippen LogP contribution in [0.2, 0.25) is 0 Å². The Hall–Kier alpha value is -1.40. The molecule has 3 nitrogen and oxygen atoms in total. The van der Waals surface area contributed by atoms with E-state index >= 15 is 0 Å². The maximum absolute atomic E-state index is 13.3. The van der Waals surface area contributed by atoms with Crippen LogP contribution in [0.1, 0.15) is 22.2 Å². The number of halogens is 2. The average Bonchev–Trinajstić information content (AvgIpc) is 2.78. The molecule has 1 aromatic carbocycles. The molecule has 0 unspecified atom stereocenters. The van der Waals surface area contributed by atoms with Crippen molar-refractivity contribution in [3.8, 4) is 10.4 Å². The average molecular weight is 358 g/mol. The monoisotopic (exact) mass is 357 g/mol. The van der Waals surface area contributed by atoms with Gasteiger partial charge in [-0.15, -0.1) is 11.3 Å². The van der Waals surface area contributed by atoms with E-state index in [2.05, 4.69) is 15.9 Å². The molecule has 0 radical (unpaired) electrons. The molecule has 2 aromatic rings. The van der Waals surface area contributed by atoms with Gasteiger partial charge in [-0.3, -0.25) is 0 Å². The van der Waals surface area contributed by atoms with Crippen LogP contribution < -0.4 is 5.73 Å². The summed E-state index contributed by atoms with van der Waals surface area (Å²) in [5, 5.41) is 0. The van der Waals surface area contributed by atoms with Gasteiger partial charge in [0.2, 0.25) is 0 Å². The number of anilines is 1. The molecule has 1 heterocycles. The van der Waals surface area contributed by atoms with E-state index in [9.17, 15) is 9.18 Å². The number of rotatable bonds is 3. The van der Waals surface area contributed by atoms with E-state index in [1.807, 2.05) is 6.92 Å². The molecule has 0 aliphatic carbocycles. The zero-order chi connectivity index (χ0) is 14.9. The van der Waals surface area contributed by atoms with Gasteiger partial charge < -0.3 is 10.5 Å². The maximum Gasteiger partial charge on any atom is 0.350 e. The molecule has 1 aromatic heterocycles. The van der Waals surface area contributed by atoms with E-state index in [1.54, 1.807) is 12.1 Å². The Morgan fingerprint density at radius 3 is 2.75 bits per heavy atom. The van der Waals surface area contributed by atoms with Crippen molar-refractivity contribution in [3.63, 3.8) is 0 Å². The molecule has 0 fully saturated rings. The predicted molar refractivity (Wildman–Crippen MR) is 82.5 cm³/mol. The second-order valence-electron chi connectivity index (χ2n) is 4.13. The standard InChI is InChI=1S/C14H13BrFNO2S/c1-3-8-11(17)13(14(18)19-2)20-12(8)7-4-5-10(16)9(15)6-7/h4-6H,3,17H2,1-2H3. The molecule has 0 aliphatic rings. The fourth-order valence-electron chi connectivity index (χ4n) is 1.94. The van der Waals surface area contributed by atoms with Crippen LogP contribution in [0.15, 0.2) is 22.7 Å². The van der Waals surface area contributed by atoms with Crippen LogP contribution in [-0.4, -0.2) is 13.1 Å². The van der Waals surface area contributed by atoms with Crippen LogP contribution in [0.5, 0.6) is 0 Å². The Morgan fingerprint density at radius 1 is 1.50 bits per heavy atom. The van der Waals surface area contributed by atoms with Gasteiger partial charge in [-0.1, -0.05) is 13.0 Å². The molecule has 2 N–H and O–H groups in total. The lowest BCUT2D eigenvalue weighted by atomic mass is 10.1. The van der Waals surface area contributed by atoms with Gasteiger partial charge in [-0.2, -0.15) is 0 Å². The number of hydrogen-bond acceptors (Lipinski definition) is 4. The van der Waals surface area contributed by atoms with E-state index in [-0.39, 0.29) is 5.82 Å². The van der Waals surface area contributed by atoms with Crippen molar-refractivity contribution in [1.82, 2.24) is 0 Å². The molecule has 0 bridgehead atoms. The van der Waals surface area contributed by atoms with Gasteiger partial charge in [0.1, 0.15) is 10.7 Å². The maximum atomic E-state index is 13.3. The topological polar surface area (TPSA) is 52.3 Å². The predicted octanol–water partition coefficient (Wildman–Crippen LogP) is 4.25. The third-order valence-corrected chi connectivity index (χ3v) is 4.84. The Kier molecular flexibility index (Phi) is 4.45. The Morgan fingerprint density at radius 2 is 2.20 bits per heavy atom. The Bertz CT molecular complexity index is 669. The highest BCUT2D eigenvalue weighted by Crippen LogP contribution is 2.40. The van der Waals surface area contributed by atoms with Gasteiger partial charge in [0.15, 0.2) is 0 Å². The summed E-state index contributed by atoms with van der Waals surface area (Å²) in [6.07, 6.45) is 0.684. The minimum Gasteiger partial charge on any atom is -0.465 e. The molecule has 106 valence electrons. The van der Waals surface area contributed by atoms with Crippen molar-refractivity contribution in [1.29, 1.82) is 0 Å². The van der Waals surface area contributed by atoms with Gasteiger partial charge in [-0.25, -0.2) is 9.18 Å². The first-order valence-corrected chi connectivity index (χ1v) is 7.55. The van der Waals surface area contributed by atoms with Crippen LogP contribution >= 0.6 is 27.3 Å². The zero-order valence-corrected chi connectivity index (χ0v) is 13.4. The minimum atomic E-state index is -0.449. The third kappa shape index (κ3) is 2.58. The van der Waals surface area contributed by atoms with Crippen molar-refractivity contribution < 1.29 is 13.9 Å². The molecule has 6 heteroatoms. The number of ether oxygens (including phenoxy) is 1. The summed E-state index contributed by atoms with van der Waals surface area (Å²) < 4.78 is 18.4. The molecule has 2 rings (SSSR count). The summed E-state index contributed by atoms with van der Waals surface area (Å²) >= 11 is 4.43. The van der Waals surface area contributed by atoms with Crippen molar-refractivity contribution in [3.05, 3.63) is 38.9 Å². The molecular weight excluding hydrogens is 345 g/mol. The number of hydrogen-bond donors (Lipinski definition) is 1. The van der Waals surface area contributed by atoms with Crippen LogP contribution in [0.4, 0.5) is 10.1 Å². The molecule has 0 aliphatic heterocycles. The first kappa shape index (κ1) is 15.0. The number of benzene rings is 1. The van der Waals surface area contributed by atoms with Gasteiger partial charge in [0.05, 0.1) is 17.3 Å². The molecular formula is C14H13BrFNO2S. The molecule has 0 atom stereocenters. The first-order chi connectivity index (χ1) is 9.49. The highest BCUT2D eigenvalue weighted by atomic mass is 79.9. The Balaban J connectivity index is 2.61. The number of carbonyl (C=O) groups excluding carboxylic acids is 1. The quantitative estimate of drug-likeness (QED) is 0.835. The number of thiophene rings is 1. The number of esters is 1. The van der Waals surface area contributed by atoms with Crippen molar-refractivity contribution in [2.24, 2.45) is 0 Å². The summed E-state index contributed by atoms with van der Waals surface area (Å²) in [5.41, 5.74) is 8.17. The van der Waals surface area contributed by atoms with E-state index in [1.165, 1.54) is 24.5 Å². The molecule has 0 amide bonds. The highest BCUT2D eigenvalue weighted by Gasteiger charge is 2.21. The van der Waals surface area contributed by atoms with Gasteiger partial charge in [0.25, 0.3) is 0 Å². The second-order valence-corrected chi connectivity index (χ2v) is 6.00. The highest BCUT2D eigenvalue weighted by molar-refractivity contribution is 9.10. The summed E-state index contributed by atoms with van der Waals surface area (Å²) in [5.74, 6) is -0.779. The zero-order valence-electron chi connectivity index (χ0n) is 11.0. The number of carbonyl (C=O) groups is 1. The van der Waals surface area contributed by atoms with E-state index in [4.69, 9.17) is 10.5 Å². The van der Waals surface area contributed by atoms with E-state index in [0.29, 0.717) is 21.5 Å². The largest absolute Gasteiger partial charge is 0.465 e. The second kappa shape index (κ2) is 5.93. The fraction of sp³-hybridized carbons (Fsp3) is 0.214. The lowest BCUT2D eigenvalue weighted by molar-refractivity contribution is 0.0607. The summed E-state index contributed by atoms with van der Waals surface area (Å²) in [6.45, 7) is 1.96. The van der Waals surface area contributed by atoms with Crippen LogP contribution in [0, 0.1) is 5.82 Å². The SMILES string of the molecule is CCc1c(-c2ccc(F)c(Br)c2)sc(C(=O)OC)c1N. The summed E-state index contributed by atoms with van der Waals surface area (Å²) in [6, 6.07) is 4.74. The summed E-state index contributed by atoms with van der Waals surface area (Å²) in [4.78, 5) is 13.0. The van der Waals surface area contributed by atoms with E-state index < -0.39 is 5.97 Å². The van der Waals surface area contributed by atoms with Gasteiger partial charge in [-0.05, 0) is 45.6 Å². The van der Waals surface area contributed by atoms with E-state index in [0.717, 1.165) is 16.0 Å². The molecule has 0 saturated heterocycles. The van der Waals surface area contributed by atoms with Crippen molar-refractivity contribution >= 4 is 38.9 Å². The number of methoxy groups -OCH3 is 1. The molecule has 20 heavy (non-hydrogen) atoms. The molecule has 0 saturated carbocycles. The lowest BCUT2D eigenvalue weighted by Crippen LogP contribution is -2.02. The number of nitrogens with two attached hydrogens (primary N) is 1. The minimum absolute atomic E-state index is 0.329. The molecule has 0 spiro atoms. The van der Waals surface area contributed by atoms with Crippen LogP contribution in [0.25, 0.3) is 10.4 Å². The smallest absolute Gasteiger partial charge is 0.350 e. The fourth-order valence-corrected chi connectivity index (χ4v) is 3.55. The normalized spacial score (nSPS) is 10.6. The lowest BCUT2D eigenvalue weighted by Gasteiger charge is -2.04. The van der Waals surface area contributed by atoms with Crippen LogP contribution in [0.3, 0.4) is 0 Å². The number of nitrogen functional groups attached to an aromatic ring is 1. The van der Waals surface area contributed by atoms with Crippen molar-refractivity contribution in [2.75, 3.05) is 12.8 Å². The van der Waals surface area contributed by atoms with Gasteiger partial charge >= 0.3 is 5.97 Å².